The number of aryl methyl sites for hydroxylation is 2. The SMILES string of the molecule is CCCCCc1ccc(C2=Cc3ccc4c(c3OC2)C=CC(C)(C)O4)c(OS(=O)(=O)c2ccc(C)cc2)c1. The van der Waals surface area contributed by atoms with Gasteiger partial charge in [0, 0.05) is 16.7 Å². The third-order valence-electron chi connectivity index (χ3n) is 6.88. The number of fused-ring (bicyclic) bond motifs is 3. The lowest BCUT2D eigenvalue weighted by atomic mass is 9.94. The first-order chi connectivity index (χ1) is 18.1. The second kappa shape index (κ2) is 10.3. The fraction of sp³-hybridized carbons (Fsp3) is 0.312. The van der Waals surface area contributed by atoms with Crippen LogP contribution < -0.4 is 13.7 Å². The van der Waals surface area contributed by atoms with Crippen molar-refractivity contribution < 1.29 is 22.1 Å². The standard InChI is InChI=1S/C32H34O5S/c1-5-6-7-8-23-11-15-27(30(19-23)37-38(33,34)26-13-9-22(2)10-14-26)25-20-24-12-16-29-28(31(24)35-21-25)17-18-32(3,4)36-29/h9-20H,5-8,21H2,1-4H3. The van der Waals surface area contributed by atoms with E-state index >= 15 is 0 Å². The van der Waals surface area contributed by atoms with Crippen LogP contribution in [-0.2, 0) is 16.5 Å². The fourth-order valence-electron chi connectivity index (χ4n) is 4.76. The molecule has 2 aliphatic heterocycles. The molecule has 0 saturated carbocycles. The van der Waals surface area contributed by atoms with Crippen LogP contribution >= 0.6 is 0 Å². The molecular formula is C32H34O5S. The molecule has 0 aromatic heterocycles. The fourth-order valence-corrected chi connectivity index (χ4v) is 5.70. The smallest absolute Gasteiger partial charge is 0.339 e. The summed E-state index contributed by atoms with van der Waals surface area (Å²) in [6, 6.07) is 16.5. The summed E-state index contributed by atoms with van der Waals surface area (Å²) >= 11 is 0. The van der Waals surface area contributed by atoms with E-state index in [-0.39, 0.29) is 17.1 Å². The molecule has 5 nitrogen and oxygen atoms in total. The minimum atomic E-state index is -4.01. The lowest BCUT2D eigenvalue weighted by Gasteiger charge is -2.30. The summed E-state index contributed by atoms with van der Waals surface area (Å²) in [7, 11) is -4.01. The van der Waals surface area contributed by atoms with Gasteiger partial charge in [0.15, 0.2) is 5.75 Å². The van der Waals surface area contributed by atoms with Gasteiger partial charge in [-0.1, -0.05) is 49.6 Å². The van der Waals surface area contributed by atoms with Gasteiger partial charge < -0.3 is 13.7 Å². The molecule has 0 aliphatic carbocycles. The molecule has 0 saturated heterocycles. The van der Waals surface area contributed by atoms with Crippen molar-refractivity contribution in [2.24, 2.45) is 0 Å². The molecule has 0 spiro atoms. The number of unbranched alkanes of at least 4 members (excludes halogenated alkanes) is 2. The van der Waals surface area contributed by atoms with Gasteiger partial charge in [-0.2, -0.15) is 8.42 Å². The van der Waals surface area contributed by atoms with Crippen LogP contribution in [0.4, 0.5) is 0 Å². The molecule has 2 heterocycles. The molecule has 0 N–H and O–H groups in total. The molecule has 0 atom stereocenters. The summed E-state index contributed by atoms with van der Waals surface area (Å²) in [6.07, 6.45) is 10.3. The number of hydrogen-bond acceptors (Lipinski definition) is 5. The van der Waals surface area contributed by atoms with Crippen LogP contribution in [0.5, 0.6) is 17.2 Å². The first-order valence-corrected chi connectivity index (χ1v) is 14.6. The highest BCUT2D eigenvalue weighted by Gasteiger charge is 2.27. The minimum Gasteiger partial charge on any atom is -0.487 e. The molecule has 198 valence electrons. The van der Waals surface area contributed by atoms with E-state index in [4.69, 9.17) is 13.7 Å². The molecule has 0 radical (unpaired) electrons. The van der Waals surface area contributed by atoms with Crippen molar-refractivity contribution in [1.29, 1.82) is 0 Å². The monoisotopic (exact) mass is 530 g/mol. The van der Waals surface area contributed by atoms with Crippen LogP contribution in [0.3, 0.4) is 0 Å². The molecule has 0 amide bonds. The largest absolute Gasteiger partial charge is 0.487 e. The van der Waals surface area contributed by atoms with Crippen molar-refractivity contribution in [3.63, 3.8) is 0 Å². The van der Waals surface area contributed by atoms with Crippen molar-refractivity contribution in [3.8, 4) is 17.2 Å². The molecule has 38 heavy (non-hydrogen) atoms. The van der Waals surface area contributed by atoms with Gasteiger partial charge >= 0.3 is 10.1 Å². The van der Waals surface area contributed by atoms with Gasteiger partial charge in [0.25, 0.3) is 0 Å². The molecular weight excluding hydrogens is 496 g/mol. The first kappa shape index (κ1) is 26.1. The predicted octanol–water partition coefficient (Wildman–Crippen LogP) is 7.61. The Morgan fingerprint density at radius 3 is 2.55 bits per heavy atom. The summed E-state index contributed by atoms with van der Waals surface area (Å²) in [5, 5.41) is 0. The Morgan fingerprint density at radius 1 is 1.00 bits per heavy atom. The van der Waals surface area contributed by atoms with Crippen LogP contribution in [0.1, 0.15) is 67.9 Å². The van der Waals surface area contributed by atoms with Gasteiger partial charge in [0.2, 0.25) is 0 Å². The van der Waals surface area contributed by atoms with Crippen LogP contribution in [0.25, 0.3) is 17.7 Å². The average Bonchev–Trinajstić information content (AvgIpc) is 2.88. The number of benzene rings is 3. The molecule has 6 heteroatoms. The summed E-state index contributed by atoms with van der Waals surface area (Å²) in [5.41, 5.74) is 5.05. The van der Waals surface area contributed by atoms with Crippen molar-refractivity contribution in [1.82, 2.24) is 0 Å². The maximum Gasteiger partial charge on any atom is 0.339 e. The lowest BCUT2D eigenvalue weighted by molar-refractivity contribution is 0.158. The van der Waals surface area contributed by atoms with E-state index in [1.54, 1.807) is 24.3 Å². The van der Waals surface area contributed by atoms with Crippen molar-refractivity contribution >= 4 is 27.8 Å². The van der Waals surface area contributed by atoms with Gasteiger partial charge in [-0.05, 0) is 87.7 Å². The normalized spacial score (nSPS) is 15.5. The van der Waals surface area contributed by atoms with E-state index in [1.165, 1.54) is 0 Å². The second-order valence-electron chi connectivity index (χ2n) is 10.5. The highest BCUT2D eigenvalue weighted by Crippen LogP contribution is 2.43. The Hall–Kier alpha value is -3.51. The highest BCUT2D eigenvalue weighted by molar-refractivity contribution is 7.87. The summed E-state index contributed by atoms with van der Waals surface area (Å²) < 4.78 is 44.6. The topological polar surface area (TPSA) is 61.8 Å². The maximum absolute atomic E-state index is 13.2. The Bertz CT molecular complexity index is 1510. The quantitative estimate of drug-likeness (QED) is 0.222. The van der Waals surface area contributed by atoms with Gasteiger partial charge in [-0.3, -0.25) is 0 Å². The van der Waals surface area contributed by atoms with Crippen molar-refractivity contribution in [2.75, 3.05) is 6.61 Å². The van der Waals surface area contributed by atoms with Crippen LogP contribution in [0, 0.1) is 6.92 Å². The second-order valence-corrected chi connectivity index (χ2v) is 12.1. The average molecular weight is 531 g/mol. The lowest BCUT2D eigenvalue weighted by Crippen LogP contribution is -2.27. The van der Waals surface area contributed by atoms with E-state index in [0.717, 1.165) is 65.0 Å². The Kier molecular flexibility index (Phi) is 7.10. The van der Waals surface area contributed by atoms with E-state index in [1.807, 2.05) is 63.3 Å². The first-order valence-electron chi connectivity index (χ1n) is 13.2. The molecule has 0 bridgehead atoms. The van der Waals surface area contributed by atoms with Gasteiger partial charge in [-0.15, -0.1) is 0 Å². The van der Waals surface area contributed by atoms with Crippen LogP contribution in [-0.4, -0.2) is 20.6 Å². The minimum absolute atomic E-state index is 0.131. The molecule has 3 aromatic rings. The Labute approximate surface area is 225 Å². The summed E-state index contributed by atoms with van der Waals surface area (Å²) in [5.74, 6) is 1.88. The van der Waals surface area contributed by atoms with Gasteiger partial charge in [0.1, 0.15) is 28.6 Å². The van der Waals surface area contributed by atoms with Gasteiger partial charge in [-0.25, -0.2) is 0 Å². The third-order valence-corrected chi connectivity index (χ3v) is 8.13. The summed E-state index contributed by atoms with van der Waals surface area (Å²) in [6.45, 7) is 8.41. The molecule has 3 aromatic carbocycles. The zero-order valence-corrected chi connectivity index (χ0v) is 23.2. The highest BCUT2D eigenvalue weighted by atomic mass is 32.2. The van der Waals surface area contributed by atoms with E-state index in [9.17, 15) is 8.42 Å². The van der Waals surface area contributed by atoms with Crippen molar-refractivity contribution in [3.05, 3.63) is 88.5 Å². The number of ether oxygens (including phenoxy) is 2. The van der Waals surface area contributed by atoms with E-state index < -0.39 is 10.1 Å². The Balaban J connectivity index is 1.52. The molecule has 2 aliphatic rings. The van der Waals surface area contributed by atoms with E-state index in [0.29, 0.717) is 11.3 Å². The van der Waals surface area contributed by atoms with Crippen LogP contribution in [0.15, 0.2) is 65.6 Å². The summed E-state index contributed by atoms with van der Waals surface area (Å²) in [4.78, 5) is 0.131. The predicted molar refractivity (Wildman–Crippen MR) is 152 cm³/mol. The number of hydrogen-bond donors (Lipinski definition) is 0. The molecule has 0 unspecified atom stereocenters. The Morgan fingerprint density at radius 2 is 1.79 bits per heavy atom. The van der Waals surface area contributed by atoms with Crippen LogP contribution in [0.2, 0.25) is 0 Å². The maximum atomic E-state index is 13.2. The van der Waals surface area contributed by atoms with E-state index in [2.05, 4.69) is 13.0 Å². The zero-order chi connectivity index (χ0) is 26.9. The molecule has 0 fully saturated rings. The van der Waals surface area contributed by atoms with Crippen molar-refractivity contribution in [2.45, 2.75) is 63.9 Å². The van der Waals surface area contributed by atoms with Gasteiger partial charge in [0.05, 0.1) is 5.56 Å². The third kappa shape index (κ3) is 5.51. The zero-order valence-electron chi connectivity index (χ0n) is 22.4. The molecule has 5 rings (SSSR count). The number of rotatable bonds is 8.